The number of nitrogens with one attached hydrogen (secondary N) is 1. The molecular weight excluding hydrogens is 686 g/mol. The van der Waals surface area contributed by atoms with E-state index in [4.69, 9.17) is 14.2 Å². The van der Waals surface area contributed by atoms with Crippen LogP contribution in [0.1, 0.15) is 66.4 Å². The summed E-state index contributed by atoms with van der Waals surface area (Å²) in [4.78, 5) is 42.4. The van der Waals surface area contributed by atoms with Crippen molar-refractivity contribution in [1.82, 2.24) is 15.1 Å². The number of rotatable bonds is 12. The van der Waals surface area contributed by atoms with Gasteiger partial charge in [-0.2, -0.15) is 0 Å². The van der Waals surface area contributed by atoms with Crippen LogP contribution in [-0.2, 0) is 43.6 Å². The van der Waals surface area contributed by atoms with Gasteiger partial charge < -0.3 is 29.7 Å². The summed E-state index contributed by atoms with van der Waals surface area (Å²) in [5.74, 6) is -0.816. The molecule has 0 spiro atoms. The third-order valence-electron chi connectivity index (χ3n) is 10.8. The SMILES string of the molecule is C[C@H]1[C@@H](CN2CCC[C@H]2CO)O[C@@H](c2ccc(-c3ccccc3CN3C(=O)CC(NC(=O)OCc4ccccc4)C3=O)cc2)O[C@H]1c1ccc(CO)cc1. The normalized spacial score (nSPS) is 24.5. The van der Waals surface area contributed by atoms with E-state index in [1.807, 2.05) is 103 Å². The number of imide groups is 1. The van der Waals surface area contributed by atoms with Crippen LogP contribution >= 0.6 is 0 Å². The van der Waals surface area contributed by atoms with E-state index in [0.717, 1.165) is 58.3 Å². The molecule has 0 bridgehead atoms. The second-order valence-electron chi connectivity index (χ2n) is 14.4. The topological polar surface area (TPSA) is 138 Å². The van der Waals surface area contributed by atoms with Gasteiger partial charge >= 0.3 is 6.09 Å². The number of alkyl carbamates (subject to hydrolysis) is 1. The van der Waals surface area contributed by atoms with Gasteiger partial charge in [-0.3, -0.25) is 19.4 Å². The summed E-state index contributed by atoms with van der Waals surface area (Å²) >= 11 is 0. The number of amides is 3. The fourth-order valence-electron chi connectivity index (χ4n) is 7.70. The molecule has 3 aliphatic rings. The van der Waals surface area contributed by atoms with Gasteiger partial charge in [0, 0.05) is 24.1 Å². The minimum atomic E-state index is -0.995. The molecular formula is C43H47N3O8. The zero-order chi connectivity index (χ0) is 37.6. The molecule has 3 aliphatic heterocycles. The van der Waals surface area contributed by atoms with Crippen molar-refractivity contribution in [1.29, 1.82) is 0 Å². The first-order chi connectivity index (χ1) is 26.3. The maximum atomic E-state index is 13.3. The highest BCUT2D eigenvalue weighted by Gasteiger charge is 2.41. The molecule has 0 aromatic heterocycles. The van der Waals surface area contributed by atoms with E-state index >= 15 is 0 Å². The van der Waals surface area contributed by atoms with Crippen LogP contribution in [0.2, 0.25) is 0 Å². The van der Waals surface area contributed by atoms with Crippen LogP contribution in [-0.4, -0.2) is 75.8 Å². The minimum Gasteiger partial charge on any atom is -0.445 e. The van der Waals surface area contributed by atoms with Gasteiger partial charge in [0.05, 0.1) is 38.4 Å². The fraction of sp³-hybridized carbons (Fsp3) is 0.372. The Morgan fingerprint density at radius 1 is 0.870 bits per heavy atom. The van der Waals surface area contributed by atoms with Crippen molar-refractivity contribution >= 4 is 17.9 Å². The number of ether oxygens (including phenoxy) is 3. The molecule has 11 nitrogen and oxygen atoms in total. The molecule has 3 amide bonds. The summed E-state index contributed by atoms with van der Waals surface area (Å²) in [5, 5.41) is 22.2. The number of likely N-dealkylation sites (tertiary alicyclic amines) is 2. The number of aliphatic hydroxyl groups excluding tert-OH is 2. The number of hydrogen-bond acceptors (Lipinski definition) is 9. The van der Waals surface area contributed by atoms with Gasteiger partial charge in [-0.05, 0) is 52.8 Å². The lowest BCUT2D eigenvalue weighted by molar-refractivity contribution is -0.276. The molecule has 3 fully saturated rings. The average molecular weight is 734 g/mol. The predicted molar refractivity (Wildman–Crippen MR) is 200 cm³/mol. The second-order valence-corrected chi connectivity index (χ2v) is 14.4. The first kappa shape index (κ1) is 37.4. The largest absolute Gasteiger partial charge is 0.445 e. The Hall–Kier alpha value is -4.91. The van der Waals surface area contributed by atoms with E-state index in [2.05, 4.69) is 17.1 Å². The number of hydrogen-bond donors (Lipinski definition) is 3. The summed E-state index contributed by atoms with van der Waals surface area (Å²) < 4.78 is 18.6. The molecule has 0 radical (unpaired) electrons. The van der Waals surface area contributed by atoms with E-state index in [1.54, 1.807) is 0 Å². The Morgan fingerprint density at radius 3 is 2.33 bits per heavy atom. The lowest BCUT2D eigenvalue weighted by Gasteiger charge is -2.43. The summed E-state index contributed by atoms with van der Waals surface area (Å²) in [6, 6.07) is 31.8. The Bertz CT molecular complexity index is 1900. The van der Waals surface area contributed by atoms with Crippen LogP contribution in [0.25, 0.3) is 11.1 Å². The lowest BCUT2D eigenvalue weighted by Crippen LogP contribution is -2.46. The Balaban J connectivity index is 1.05. The third kappa shape index (κ3) is 8.41. The first-order valence-corrected chi connectivity index (χ1v) is 18.7. The first-order valence-electron chi connectivity index (χ1n) is 18.7. The minimum absolute atomic E-state index is 0.0260. The van der Waals surface area contributed by atoms with Crippen molar-refractivity contribution in [2.24, 2.45) is 5.92 Å². The Morgan fingerprint density at radius 2 is 1.59 bits per heavy atom. The number of aliphatic hydroxyl groups is 2. The van der Waals surface area contributed by atoms with Gasteiger partial charge in [0.2, 0.25) is 5.91 Å². The molecule has 0 saturated carbocycles. The number of carbonyl (C=O) groups excluding carboxylic acids is 3. The highest BCUT2D eigenvalue weighted by atomic mass is 16.7. The maximum Gasteiger partial charge on any atom is 0.408 e. The molecule has 3 saturated heterocycles. The van der Waals surface area contributed by atoms with Crippen molar-refractivity contribution in [3.8, 4) is 11.1 Å². The van der Waals surface area contributed by atoms with Crippen LogP contribution in [0.4, 0.5) is 4.79 Å². The summed E-state index contributed by atoms with van der Waals surface area (Å²) in [6.45, 7) is 3.95. The average Bonchev–Trinajstić information content (AvgIpc) is 3.77. The van der Waals surface area contributed by atoms with Crippen molar-refractivity contribution in [2.45, 2.75) is 76.5 Å². The molecule has 0 aliphatic carbocycles. The summed E-state index contributed by atoms with van der Waals surface area (Å²) in [7, 11) is 0. The molecule has 7 rings (SSSR count). The molecule has 11 heteroatoms. The third-order valence-corrected chi connectivity index (χ3v) is 10.8. The van der Waals surface area contributed by atoms with Crippen LogP contribution < -0.4 is 5.32 Å². The van der Waals surface area contributed by atoms with Crippen LogP contribution in [0.5, 0.6) is 0 Å². The molecule has 3 N–H and O–H groups in total. The van der Waals surface area contributed by atoms with Gasteiger partial charge in [0.15, 0.2) is 6.29 Å². The zero-order valence-corrected chi connectivity index (χ0v) is 30.4. The quantitative estimate of drug-likeness (QED) is 0.158. The van der Waals surface area contributed by atoms with E-state index in [-0.39, 0.29) is 62.9 Å². The number of nitrogens with zero attached hydrogens (tertiary/aromatic N) is 2. The molecule has 3 heterocycles. The molecule has 4 aromatic rings. The van der Waals surface area contributed by atoms with Crippen LogP contribution in [0.3, 0.4) is 0 Å². The molecule has 1 unspecified atom stereocenters. The molecule has 6 atom stereocenters. The summed E-state index contributed by atoms with van der Waals surface area (Å²) in [6.07, 6.45) is 0.0702. The van der Waals surface area contributed by atoms with Crippen LogP contribution in [0.15, 0.2) is 103 Å². The second kappa shape index (κ2) is 17.0. The van der Waals surface area contributed by atoms with E-state index in [0.29, 0.717) is 6.54 Å². The van der Waals surface area contributed by atoms with Crippen molar-refractivity contribution in [2.75, 3.05) is 19.7 Å². The van der Waals surface area contributed by atoms with Crippen molar-refractivity contribution < 1.29 is 38.8 Å². The highest BCUT2D eigenvalue weighted by molar-refractivity contribution is 6.06. The standard InChI is InChI=1S/C43H47N3O8/c1-28-38(24-45-21-7-11-35(45)26-48)53-42(54-40(28)32-15-13-29(25-47)14-16-32)33-19-17-31(18-20-33)36-12-6-5-10-34(36)23-46-39(49)22-37(41(46)50)44-43(51)52-27-30-8-3-2-4-9-30/h2-6,8-10,12-20,28,35,37-38,40,42,47-48H,7,11,21-27H2,1H3,(H,44,51)/t28-,35-,37?,38+,40+,42+/m0/s1. The van der Waals surface area contributed by atoms with E-state index in [9.17, 15) is 24.6 Å². The van der Waals surface area contributed by atoms with Crippen molar-refractivity contribution in [3.63, 3.8) is 0 Å². The Labute approximate surface area is 315 Å². The molecule has 4 aromatic carbocycles. The lowest BCUT2D eigenvalue weighted by atomic mass is 9.89. The highest BCUT2D eigenvalue weighted by Crippen LogP contribution is 2.42. The van der Waals surface area contributed by atoms with Crippen LogP contribution in [0, 0.1) is 5.92 Å². The van der Waals surface area contributed by atoms with Gasteiger partial charge in [0.25, 0.3) is 5.91 Å². The number of carbonyl (C=O) groups is 3. The summed E-state index contributed by atoms with van der Waals surface area (Å²) in [5.41, 5.74) is 6.06. The van der Waals surface area contributed by atoms with Gasteiger partial charge in [-0.1, -0.05) is 110 Å². The molecule has 282 valence electrons. The van der Waals surface area contributed by atoms with Gasteiger partial charge in [-0.25, -0.2) is 4.79 Å². The van der Waals surface area contributed by atoms with Gasteiger partial charge in [0.1, 0.15) is 12.6 Å². The monoisotopic (exact) mass is 733 g/mol. The predicted octanol–water partition coefficient (Wildman–Crippen LogP) is 5.65. The van der Waals surface area contributed by atoms with E-state index in [1.165, 1.54) is 4.90 Å². The Kier molecular flexibility index (Phi) is 11.8. The maximum absolute atomic E-state index is 13.3. The van der Waals surface area contributed by atoms with Gasteiger partial charge in [-0.15, -0.1) is 0 Å². The zero-order valence-electron chi connectivity index (χ0n) is 30.4. The number of benzene rings is 4. The molecule has 54 heavy (non-hydrogen) atoms. The van der Waals surface area contributed by atoms with Crippen molar-refractivity contribution in [3.05, 3.63) is 131 Å². The smallest absolute Gasteiger partial charge is 0.408 e. The fourth-order valence-corrected chi connectivity index (χ4v) is 7.70. The van der Waals surface area contributed by atoms with E-state index < -0.39 is 24.3 Å².